The number of amides is 1. The molecule has 0 radical (unpaired) electrons. The lowest BCUT2D eigenvalue weighted by atomic mass is 10.3. The zero-order valence-electron chi connectivity index (χ0n) is 11.9. The average Bonchev–Trinajstić information content (AvgIpc) is 2.50. The van der Waals surface area contributed by atoms with Crippen molar-refractivity contribution in [1.29, 1.82) is 0 Å². The standard InChI is InChI=1S/C16H15Cl2NO3/c1-21-14-4-2-3-5-15(14)22-9-8-16(20)19-13-7-6-11(17)10-12(13)18/h2-7,10H,8-9H2,1H3,(H,19,20). The molecule has 0 atom stereocenters. The number of halogens is 2. The highest BCUT2D eigenvalue weighted by atomic mass is 35.5. The van der Waals surface area contributed by atoms with E-state index in [1.165, 1.54) is 0 Å². The fourth-order valence-electron chi connectivity index (χ4n) is 1.80. The van der Waals surface area contributed by atoms with Gasteiger partial charge in [-0.1, -0.05) is 35.3 Å². The van der Waals surface area contributed by atoms with Crippen molar-refractivity contribution in [1.82, 2.24) is 0 Å². The van der Waals surface area contributed by atoms with E-state index < -0.39 is 0 Å². The van der Waals surface area contributed by atoms with E-state index >= 15 is 0 Å². The van der Waals surface area contributed by atoms with Crippen molar-refractivity contribution in [2.24, 2.45) is 0 Å². The predicted octanol–water partition coefficient (Wildman–Crippen LogP) is 4.41. The molecule has 0 spiro atoms. The number of para-hydroxylation sites is 2. The number of carbonyl (C=O) groups is 1. The van der Waals surface area contributed by atoms with Gasteiger partial charge in [0.1, 0.15) is 0 Å². The number of benzene rings is 2. The molecule has 116 valence electrons. The minimum Gasteiger partial charge on any atom is -0.493 e. The van der Waals surface area contributed by atoms with Crippen LogP contribution in [0.1, 0.15) is 6.42 Å². The molecular formula is C16H15Cl2NO3. The van der Waals surface area contributed by atoms with Crippen LogP contribution in [0.3, 0.4) is 0 Å². The smallest absolute Gasteiger partial charge is 0.227 e. The van der Waals surface area contributed by atoms with Gasteiger partial charge in [-0.15, -0.1) is 0 Å². The number of ether oxygens (including phenoxy) is 2. The first-order chi connectivity index (χ1) is 10.6. The summed E-state index contributed by atoms with van der Waals surface area (Å²) in [6.45, 7) is 0.234. The van der Waals surface area contributed by atoms with Gasteiger partial charge in [0.2, 0.25) is 5.91 Å². The van der Waals surface area contributed by atoms with Crippen molar-refractivity contribution in [3.8, 4) is 11.5 Å². The van der Waals surface area contributed by atoms with Gasteiger partial charge in [0.25, 0.3) is 0 Å². The van der Waals surface area contributed by atoms with Crippen LogP contribution >= 0.6 is 23.2 Å². The summed E-state index contributed by atoms with van der Waals surface area (Å²) in [6.07, 6.45) is 0.191. The van der Waals surface area contributed by atoms with Crippen molar-refractivity contribution >= 4 is 34.8 Å². The Morgan fingerprint density at radius 3 is 2.55 bits per heavy atom. The molecule has 0 heterocycles. The zero-order valence-corrected chi connectivity index (χ0v) is 13.4. The van der Waals surface area contributed by atoms with E-state index in [0.717, 1.165) is 0 Å². The monoisotopic (exact) mass is 339 g/mol. The molecule has 4 nitrogen and oxygen atoms in total. The second-order valence-corrected chi connectivity index (χ2v) is 5.27. The number of methoxy groups -OCH3 is 1. The number of hydrogen-bond acceptors (Lipinski definition) is 3. The van der Waals surface area contributed by atoms with Crippen LogP contribution in [0.25, 0.3) is 0 Å². The third kappa shape index (κ3) is 4.55. The van der Waals surface area contributed by atoms with Gasteiger partial charge in [-0.05, 0) is 30.3 Å². The van der Waals surface area contributed by atoms with Gasteiger partial charge in [-0.3, -0.25) is 4.79 Å². The Kier molecular flexibility index (Phi) is 5.92. The van der Waals surface area contributed by atoms with Crippen LogP contribution in [0.2, 0.25) is 10.0 Å². The van der Waals surface area contributed by atoms with Gasteiger partial charge in [-0.2, -0.15) is 0 Å². The number of hydrogen-bond donors (Lipinski definition) is 1. The van der Waals surface area contributed by atoms with Crippen molar-refractivity contribution in [2.45, 2.75) is 6.42 Å². The molecule has 0 fully saturated rings. The first-order valence-electron chi connectivity index (χ1n) is 6.61. The molecule has 1 amide bonds. The molecule has 0 unspecified atom stereocenters. The predicted molar refractivity (Wildman–Crippen MR) is 88.2 cm³/mol. The third-order valence-corrected chi connectivity index (χ3v) is 3.41. The molecule has 0 bridgehead atoms. The van der Waals surface area contributed by atoms with Crippen LogP contribution in [0, 0.1) is 0 Å². The lowest BCUT2D eigenvalue weighted by Gasteiger charge is -2.11. The van der Waals surface area contributed by atoms with Gasteiger partial charge >= 0.3 is 0 Å². The molecule has 0 aliphatic rings. The first-order valence-corrected chi connectivity index (χ1v) is 7.36. The van der Waals surface area contributed by atoms with Crippen LogP contribution in [-0.2, 0) is 4.79 Å². The molecular weight excluding hydrogens is 325 g/mol. The Balaban J connectivity index is 1.85. The van der Waals surface area contributed by atoms with E-state index in [4.69, 9.17) is 32.7 Å². The quantitative estimate of drug-likeness (QED) is 0.847. The molecule has 6 heteroatoms. The van der Waals surface area contributed by atoms with Crippen LogP contribution in [-0.4, -0.2) is 19.6 Å². The molecule has 22 heavy (non-hydrogen) atoms. The van der Waals surface area contributed by atoms with E-state index in [1.54, 1.807) is 37.4 Å². The fraction of sp³-hybridized carbons (Fsp3) is 0.188. The van der Waals surface area contributed by atoms with E-state index in [9.17, 15) is 4.79 Å². The van der Waals surface area contributed by atoms with Gasteiger partial charge in [-0.25, -0.2) is 0 Å². The minimum absolute atomic E-state index is 0.191. The normalized spacial score (nSPS) is 10.1. The van der Waals surface area contributed by atoms with Crippen LogP contribution in [0.4, 0.5) is 5.69 Å². The largest absolute Gasteiger partial charge is 0.493 e. The SMILES string of the molecule is COc1ccccc1OCCC(=O)Nc1ccc(Cl)cc1Cl. The minimum atomic E-state index is -0.195. The maximum Gasteiger partial charge on any atom is 0.227 e. The van der Waals surface area contributed by atoms with E-state index in [1.807, 2.05) is 12.1 Å². The summed E-state index contributed by atoms with van der Waals surface area (Å²) in [5.74, 6) is 1.03. The molecule has 0 saturated heterocycles. The Labute approximate surface area is 138 Å². The summed E-state index contributed by atoms with van der Waals surface area (Å²) in [5, 5.41) is 3.62. The highest BCUT2D eigenvalue weighted by molar-refractivity contribution is 6.36. The molecule has 1 N–H and O–H groups in total. The maximum absolute atomic E-state index is 11.9. The third-order valence-electron chi connectivity index (χ3n) is 2.86. The second-order valence-electron chi connectivity index (χ2n) is 4.42. The molecule has 2 aromatic carbocycles. The summed E-state index contributed by atoms with van der Waals surface area (Å²) in [5.41, 5.74) is 0.522. The van der Waals surface area contributed by atoms with E-state index in [-0.39, 0.29) is 18.9 Å². The van der Waals surface area contributed by atoms with Gasteiger partial charge in [0.15, 0.2) is 11.5 Å². The number of carbonyl (C=O) groups excluding carboxylic acids is 1. The Morgan fingerprint density at radius 1 is 1.14 bits per heavy atom. The molecule has 0 aliphatic heterocycles. The van der Waals surface area contributed by atoms with Crippen LogP contribution in [0.15, 0.2) is 42.5 Å². The van der Waals surface area contributed by atoms with E-state index in [0.29, 0.717) is 27.2 Å². The molecule has 0 saturated carbocycles. The van der Waals surface area contributed by atoms with Crippen LogP contribution < -0.4 is 14.8 Å². The topological polar surface area (TPSA) is 47.6 Å². The van der Waals surface area contributed by atoms with E-state index in [2.05, 4.69) is 5.32 Å². The Hall–Kier alpha value is -1.91. The van der Waals surface area contributed by atoms with Crippen molar-refractivity contribution in [3.63, 3.8) is 0 Å². The fourth-order valence-corrected chi connectivity index (χ4v) is 2.25. The summed E-state index contributed by atoms with van der Waals surface area (Å²) in [4.78, 5) is 11.9. The van der Waals surface area contributed by atoms with Crippen molar-refractivity contribution < 1.29 is 14.3 Å². The van der Waals surface area contributed by atoms with Crippen molar-refractivity contribution in [2.75, 3.05) is 19.0 Å². The number of rotatable bonds is 6. The zero-order chi connectivity index (χ0) is 15.9. The molecule has 2 aromatic rings. The highest BCUT2D eigenvalue weighted by Crippen LogP contribution is 2.27. The average molecular weight is 340 g/mol. The van der Waals surface area contributed by atoms with Gasteiger partial charge in [0, 0.05) is 5.02 Å². The van der Waals surface area contributed by atoms with Crippen molar-refractivity contribution in [3.05, 3.63) is 52.5 Å². The van der Waals surface area contributed by atoms with Crippen LogP contribution in [0.5, 0.6) is 11.5 Å². The molecule has 0 aromatic heterocycles. The highest BCUT2D eigenvalue weighted by Gasteiger charge is 2.08. The molecule has 0 aliphatic carbocycles. The Bertz CT molecular complexity index is 662. The summed E-state index contributed by atoms with van der Waals surface area (Å²) >= 11 is 11.8. The first kappa shape index (κ1) is 16.5. The maximum atomic E-state index is 11.9. The molecule has 2 rings (SSSR count). The summed E-state index contributed by atoms with van der Waals surface area (Å²) in [7, 11) is 1.57. The van der Waals surface area contributed by atoms with Gasteiger partial charge < -0.3 is 14.8 Å². The lowest BCUT2D eigenvalue weighted by Crippen LogP contribution is -2.15. The Morgan fingerprint density at radius 2 is 1.86 bits per heavy atom. The van der Waals surface area contributed by atoms with Gasteiger partial charge in [0.05, 0.1) is 30.8 Å². The number of anilines is 1. The summed E-state index contributed by atoms with van der Waals surface area (Å²) < 4.78 is 10.7. The second kappa shape index (κ2) is 7.92. The lowest BCUT2D eigenvalue weighted by molar-refractivity contribution is -0.116. The number of nitrogens with one attached hydrogen (secondary N) is 1. The summed E-state index contributed by atoms with van der Waals surface area (Å²) in [6, 6.07) is 12.2.